The lowest BCUT2D eigenvalue weighted by atomic mass is 10.2. The maximum Gasteiger partial charge on any atom is 0.430 e. The molecule has 0 unspecified atom stereocenters. The second kappa shape index (κ2) is 4.74. The summed E-state index contributed by atoms with van der Waals surface area (Å²) in [5.41, 5.74) is 0.539. The van der Waals surface area contributed by atoms with Crippen LogP contribution in [0.5, 0.6) is 0 Å². The maximum absolute atomic E-state index is 10.6. The Balaban J connectivity index is 3.04. The fourth-order valence-electron chi connectivity index (χ4n) is 0.806. The van der Waals surface area contributed by atoms with Gasteiger partial charge in [-0.05, 0) is 12.1 Å². The van der Waals surface area contributed by atoms with Gasteiger partial charge in [0.25, 0.3) is 10.3 Å². The quantitative estimate of drug-likeness (QED) is 0.815. The van der Waals surface area contributed by atoms with Gasteiger partial charge < -0.3 is 0 Å². The first-order chi connectivity index (χ1) is 6.40. The highest BCUT2D eigenvalue weighted by molar-refractivity contribution is 8.33. The van der Waals surface area contributed by atoms with Gasteiger partial charge in [0.05, 0.1) is 10.0 Å². The molecule has 7 heteroatoms. The molecule has 0 saturated carbocycles. The number of hydrogen-bond donors (Lipinski definition) is 2. The van der Waals surface area contributed by atoms with Crippen molar-refractivity contribution < 1.29 is 13.3 Å². The summed E-state index contributed by atoms with van der Waals surface area (Å²) in [6.07, 6.45) is 0. The smallest absolute Gasteiger partial charge is 0.251 e. The normalized spacial score (nSPS) is 11.4. The summed E-state index contributed by atoms with van der Waals surface area (Å²) in [5.74, 6) is 0.0876. The number of rotatable bonds is 2. The van der Waals surface area contributed by atoms with Gasteiger partial charge in [-0.15, -0.1) is 0 Å². The van der Waals surface area contributed by atoms with Crippen LogP contribution in [0.25, 0.3) is 0 Å². The van der Waals surface area contributed by atoms with Crippen molar-refractivity contribution in [2.75, 3.05) is 0 Å². The summed E-state index contributed by atoms with van der Waals surface area (Å²) in [6.45, 7) is 0. The van der Waals surface area contributed by atoms with E-state index in [9.17, 15) is 4.21 Å². The van der Waals surface area contributed by atoms with E-state index in [1.807, 2.05) is 0 Å². The van der Waals surface area contributed by atoms with Crippen LogP contribution in [0.1, 0.15) is 5.56 Å². The summed E-state index contributed by atoms with van der Waals surface area (Å²) < 4.78 is 27.8. The fourth-order valence-corrected chi connectivity index (χ4v) is 2.89. The van der Waals surface area contributed by atoms with Gasteiger partial charge in [-0.25, -0.2) is 0 Å². The van der Waals surface area contributed by atoms with E-state index in [0.29, 0.717) is 25.9 Å². The molecule has 0 spiro atoms. The van der Waals surface area contributed by atoms with Gasteiger partial charge in [0, 0.05) is 5.56 Å². The monoisotopic (exact) mass is 273 g/mol. The highest BCUT2D eigenvalue weighted by atomic mass is 35.5. The van der Waals surface area contributed by atoms with E-state index < -0.39 is 9.05 Å². The van der Waals surface area contributed by atoms with E-state index in [-0.39, 0.29) is 5.75 Å². The van der Waals surface area contributed by atoms with Gasteiger partial charge in [-0.1, -0.05) is 29.3 Å². The van der Waals surface area contributed by atoms with Gasteiger partial charge in [0.1, 0.15) is 0 Å². The molecule has 0 bridgehead atoms. The highest BCUT2D eigenvalue weighted by Gasteiger charge is 2.15. The van der Waals surface area contributed by atoms with E-state index in [0.717, 1.165) is 0 Å². The number of benzene rings is 1. The number of hydrogen-bond acceptors (Lipinski definition) is 1. The van der Waals surface area contributed by atoms with E-state index in [1.165, 1.54) is 0 Å². The van der Waals surface area contributed by atoms with Crippen LogP contribution in [-0.4, -0.2) is 13.3 Å². The van der Waals surface area contributed by atoms with Crippen molar-refractivity contribution in [1.82, 2.24) is 0 Å². The minimum atomic E-state index is -3.81. The predicted molar refractivity (Wildman–Crippen MR) is 60.9 cm³/mol. The maximum atomic E-state index is 10.6. The van der Waals surface area contributed by atoms with Crippen LogP contribution < -0.4 is 0 Å². The summed E-state index contributed by atoms with van der Waals surface area (Å²) >= 11 is 11.6. The summed E-state index contributed by atoms with van der Waals surface area (Å²) in [6, 6.07) is 4.92. The molecule has 0 radical (unpaired) electrons. The molecule has 0 amide bonds. The van der Waals surface area contributed by atoms with Gasteiger partial charge >= 0.3 is 9.05 Å². The first-order valence-electron chi connectivity index (χ1n) is 3.46. The average molecular weight is 274 g/mol. The Morgan fingerprint density at radius 3 is 2.21 bits per heavy atom. The van der Waals surface area contributed by atoms with Crippen molar-refractivity contribution in [3.8, 4) is 0 Å². The summed E-state index contributed by atoms with van der Waals surface area (Å²) in [7, 11) is -3.32. The van der Waals surface area contributed by atoms with Crippen LogP contribution in [0, 0.1) is 0 Å². The van der Waals surface area contributed by atoms with Gasteiger partial charge in [0.2, 0.25) is 5.75 Å². The van der Waals surface area contributed by atoms with Crippen LogP contribution in [0.4, 0.5) is 0 Å². The molecule has 0 saturated heterocycles. The molecule has 0 aliphatic heterocycles. The Hall–Kier alpha value is 0.0900. The molecule has 0 aromatic heterocycles. The zero-order valence-electron chi connectivity index (χ0n) is 6.81. The molecule has 14 heavy (non-hydrogen) atoms. The minimum absolute atomic E-state index is 0.0876. The molecular weight excluding hydrogens is 267 g/mol. The molecule has 1 aromatic carbocycles. The molecule has 78 valence electrons. The Morgan fingerprint density at radius 2 is 1.79 bits per heavy atom. The third kappa shape index (κ3) is 3.68. The Morgan fingerprint density at radius 1 is 1.29 bits per heavy atom. The lowest BCUT2D eigenvalue weighted by Gasteiger charge is -1.97. The SMILES string of the molecule is O=S(O)(O)=[S+]Cc1c(Cl)cccc1Cl. The lowest BCUT2D eigenvalue weighted by molar-refractivity contribution is 0.450. The lowest BCUT2D eigenvalue weighted by Crippen LogP contribution is -1.97. The second-order valence-electron chi connectivity index (χ2n) is 2.41. The van der Waals surface area contributed by atoms with Crippen LogP contribution in [0.2, 0.25) is 10.0 Å². The van der Waals surface area contributed by atoms with Crippen molar-refractivity contribution in [2.24, 2.45) is 0 Å². The largest absolute Gasteiger partial charge is 0.430 e. The Bertz CT molecular complexity index is 424. The van der Waals surface area contributed by atoms with Crippen LogP contribution >= 0.6 is 23.2 Å². The molecular formula is C7H7Cl2O3S2+. The van der Waals surface area contributed by atoms with Crippen molar-refractivity contribution in [2.45, 2.75) is 5.75 Å². The number of halogens is 2. The highest BCUT2D eigenvalue weighted by Crippen LogP contribution is 2.24. The molecule has 2 N–H and O–H groups in total. The van der Waals surface area contributed by atoms with E-state index in [2.05, 4.69) is 0 Å². The average Bonchev–Trinajstić information content (AvgIpc) is 2.01. The minimum Gasteiger partial charge on any atom is -0.251 e. The van der Waals surface area contributed by atoms with E-state index in [1.54, 1.807) is 18.2 Å². The second-order valence-corrected chi connectivity index (χ2v) is 6.65. The standard InChI is InChI=1S/C7H6Cl2O3S2/c8-6-2-1-3-7(9)5(6)4-13-14(10,11)12/h1-3H,4H2,(H-,10,11,12)/p+1. The molecule has 0 aliphatic rings. The zero-order chi connectivity index (χ0) is 10.8. The van der Waals surface area contributed by atoms with E-state index >= 15 is 0 Å². The molecule has 0 heterocycles. The molecule has 0 aliphatic carbocycles. The van der Waals surface area contributed by atoms with Gasteiger partial charge in [-0.3, -0.25) is 9.11 Å². The van der Waals surface area contributed by atoms with Crippen LogP contribution in [-0.2, 0) is 25.1 Å². The first-order valence-corrected chi connectivity index (χ1v) is 7.19. The molecule has 1 rings (SSSR count). The fraction of sp³-hybridized carbons (Fsp3) is 0.143. The molecule has 0 atom stereocenters. The summed E-state index contributed by atoms with van der Waals surface area (Å²) in [5, 5.41) is 0.822. The van der Waals surface area contributed by atoms with Crippen molar-refractivity contribution in [1.29, 1.82) is 0 Å². The van der Waals surface area contributed by atoms with Gasteiger partial charge in [0.15, 0.2) is 0 Å². The van der Waals surface area contributed by atoms with Crippen molar-refractivity contribution in [3.63, 3.8) is 0 Å². The molecule has 0 fully saturated rings. The van der Waals surface area contributed by atoms with Crippen molar-refractivity contribution in [3.05, 3.63) is 33.8 Å². The Labute approximate surface area is 95.3 Å². The van der Waals surface area contributed by atoms with E-state index in [4.69, 9.17) is 32.3 Å². The van der Waals surface area contributed by atoms with Crippen LogP contribution in [0.15, 0.2) is 18.2 Å². The van der Waals surface area contributed by atoms with Crippen LogP contribution in [0.3, 0.4) is 0 Å². The molecule has 3 nitrogen and oxygen atoms in total. The zero-order valence-corrected chi connectivity index (χ0v) is 9.96. The third-order valence-corrected chi connectivity index (χ3v) is 4.11. The third-order valence-electron chi connectivity index (χ3n) is 1.42. The molecule has 1 aromatic rings. The van der Waals surface area contributed by atoms with Crippen molar-refractivity contribution >= 4 is 42.6 Å². The predicted octanol–water partition coefficient (Wildman–Crippen LogP) is 2.72. The topological polar surface area (TPSA) is 57.5 Å². The first kappa shape index (κ1) is 12.2. The Kier molecular flexibility index (Phi) is 4.12. The van der Waals surface area contributed by atoms with Gasteiger partial charge in [-0.2, -0.15) is 4.21 Å². The summed E-state index contributed by atoms with van der Waals surface area (Å²) in [4.78, 5) is 0.